The van der Waals surface area contributed by atoms with Crippen LogP contribution in [-0.2, 0) is 21.0 Å². The van der Waals surface area contributed by atoms with Crippen LogP contribution in [0.2, 0.25) is 10.0 Å². The van der Waals surface area contributed by atoms with Crippen molar-refractivity contribution in [1.82, 2.24) is 10.3 Å². The zero-order valence-electron chi connectivity index (χ0n) is 23.6. The number of rotatable bonds is 9. The fraction of sp³-hybridized carbons (Fsp3) is 0.188. The molecule has 0 unspecified atom stereocenters. The van der Waals surface area contributed by atoms with Crippen LogP contribution in [0.25, 0.3) is 17.0 Å². The predicted octanol–water partition coefficient (Wildman–Crippen LogP) is 6.49. The summed E-state index contributed by atoms with van der Waals surface area (Å²) >= 11 is 13.2. The largest absolute Gasteiger partial charge is 0.487 e. The number of ether oxygens (including phenoxy) is 1. The normalized spacial score (nSPS) is 11.0. The van der Waals surface area contributed by atoms with E-state index in [1.54, 1.807) is 37.4 Å². The maximum atomic E-state index is 12.9. The number of hydrogen-bond acceptors (Lipinski definition) is 5. The van der Waals surface area contributed by atoms with Crippen molar-refractivity contribution in [2.45, 2.75) is 27.4 Å². The number of nitrogens with zero attached hydrogens (tertiary/aromatic N) is 2. The number of anilines is 2. The Morgan fingerprint density at radius 1 is 1.02 bits per heavy atom. The average molecular weight is 606 g/mol. The topological polar surface area (TPSA) is 101 Å². The molecule has 0 spiro atoms. The van der Waals surface area contributed by atoms with Crippen molar-refractivity contribution in [2.24, 2.45) is 0 Å². The van der Waals surface area contributed by atoms with E-state index in [0.29, 0.717) is 27.7 Å². The molecule has 3 amide bonds. The fourth-order valence-corrected chi connectivity index (χ4v) is 4.83. The van der Waals surface area contributed by atoms with Crippen LogP contribution in [-0.4, -0.2) is 36.3 Å². The van der Waals surface area contributed by atoms with Crippen molar-refractivity contribution in [2.75, 3.05) is 23.8 Å². The SMILES string of the molecule is CC(=O)Nc1ccc(/C=C/C(=O)NCC(=O)N(C)c2ccc(Cl)c(COc3cccc4ccc(C)nc34)c2Cl)cc1C. The Morgan fingerprint density at radius 2 is 1.81 bits per heavy atom. The maximum absolute atomic E-state index is 12.9. The van der Waals surface area contributed by atoms with Gasteiger partial charge in [-0.25, -0.2) is 4.98 Å². The average Bonchev–Trinajstić information content (AvgIpc) is 2.95. The number of halogens is 2. The molecule has 10 heteroatoms. The predicted molar refractivity (Wildman–Crippen MR) is 168 cm³/mol. The van der Waals surface area contributed by atoms with Crippen LogP contribution in [0.15, 0.2) is 66.7 Å². The minimum atomic E-state index is -0.435. The highest BCUT2D eigenvalue weighted by Gasteiger charge is 2.19. The molecule has 216 valence electrons. The van der Waals surface area contributed by atoms with Gasteiger partial charge in [0.2, 0.25) is 17.7 Å². The third-order valence-corrected chi connectivity index (χ3v) is 7.27. The first-order chi connectivity index (χ1) is 20.0. The summed E-state index contributed by atoms with van der Waals surface area (Å²) in [6.07, 6.45) is 2.97. The molecule has 0 aliphatic carbocycles. The number of aryl methyl sites for hydroxylation is 2. The zero-order chi connectivity index (χ0) is 30.4. The summed E-state index contributed by atoms with van der Waals surface area (Å²) in [6, 6.07) is 18.3. The van der Waals surface area contributed by atoms with E-state index in [9.17, 15) is 14.4 Å². The van der Waals surface area contributed by atoms with Crippen molar-refractivity contribution in [3.05, 3.63) is 99.2 Å². The minimum Gasteiger partial charge on any atom is -0.487 e. The molecule has 4 aromatic rings. The van der Waals surface area contributed by atoms with Crippen molar-refractivity contribution >= 4 is 69.3 Å². The quantitative estimate of drug-likeness (QED) is 0.213. The van der Waals surface area contributed by atoms with E-state index in [1.807, 2.05) is 50.2 Å². The summed E-state index contributed by atoms with van der Waals surface area (Å²) < 4.78 is 6.07. The molecular formula is C32H30Cl2N4O4. The molecule has 0 radical (unpaired) electrons. The number of nitrogens with one attached hydrogen (secondary N) is 2. The fourth-order valence-electron chi connectivity index (χ4n) is 4.23. The highest BCUT2D eigenvalue weighted by Crippen LogP contribution is 2.35. The van der Waals surface area contributed by atoms with E-state index in [-0.39, 0.29) is 30.0 Å². The van der Waals surface area contributed by atoms with Gasteiger partial charge in [0.05, 0.1) is 17.3 Å². The van der Waals surface area contributed by atoms with Crippen molar-refractivity contribution in [3.8, 4) is 5.75 Å². The third kappa shape index (κ3) is 7.46. The van der Waals surface area contributed by atoms with Crippen LogP contribution >= 0.6 is 23.2 Å². The molecule has 0 aliphatic heterocycles. The van der Waals surface area contributed by atoms with E-state index in [1.165, 1.54) is 17.9 Å². The Hall–Kier alpha value is -4.40. The van der Waals surface area contributed by atoms with Gasteiger partial charge >= 0.3 is 0 Å². The van der Waals surface area contributed by atoms with Gasteiger partial charge < -0.3 is 20.3 Å². The molecule has 0 fully saturated rings. The number of carbonyl (C=O) groups excluding carboxylic acids is 3. The van der Waals surface area contributed by atoms with Crippen LogP contribution < -0.4 is 20.3 Å². The molecule has 3 aromatic carbocycles. The third-order valence-electron chi connectivity index (χ3n) is 6.50. The lowest BCUT2D eigenvalue weighted by Crippen LogP contribution is -2.37. The number of carbonyl (C=O) groups is 3. The first-order valence-corrected chi connectivity index (χ1v) is 13.9. The molecule has 2 N–H and O–H groups in total. The van der Waals surface area contributed by atoms with Gasteiger partial charge in [-0.3, -0.25) is 14.4 Å². The summed E-state index contributed by atoms with van der Waals surface area (Å²) in [5.74, 6) is -0.381. The Balaban J connectivity index is 1.39. The second-order valence-electron chi connectivity index (χ2n) is 9.69. The van der Waals surface area contributed by atoms with E-state index in [4.69, 9.17) is 27.9 Å². The van der Waals surface area contributed by atoms with E-state index >= 15 is 0 Å². The molecule has 1 heterocycles. The van der Waals surface area contributed by atoms with Gasteiger partial charge in [0.1, 0.15) is 17.9 Å². The van der Waals surface area contributed by atoms with Crippen LogP contribution in [0.3, 0.4) is 0 Å². The maximum Gasteiger partial charge on any atom is 0.246 e. The Bertz CT molecular complexity index is 1700. The molecule has 8 nitrogen and oxygen atoms in total. The number of fused-ring (bicyclic) bond motifs is 1. The van der Waals surface area contributed by atoms with Crippen LogP contribution in [0, 0.1) is 13.8 Å². The molecule has 0 atom stereocenters. The molecule has 0 bridgehead atoms. The lowest BCUT2D eigenvalue weighted by molar-refractivity contribution is -0.122. The standard InChI is InChI=1S/C32H30Cl2N4O4/c1-19-16-22(9-13-26(19)37-21(3)39)10-15-29(40)35-17-30(41)38(4)27-14-12-25(33)24(31(27)34)18-42-28-7-5-6-23-11-8-20(2)36-32(23)28/h5-16H,17-18H2,1-4H3,(H,35,40)(H,37,39)/b15-10+. The number of benzene rings is 3. The van der Waals surface area contributed by atoms with Crippen molar-refractivity contribution < 1.29 is 19.1 Å². The second kappa shape index (κ2) is 13.5. The molecule has 4 rings (SSSR count). The van der Waals surface area contributed by atoms with E-state index < -0.39 is 5.91 Å². The Labute approximate surface area is 254 Å². The Morgan fingerprint density at radius 3 is 2.55 bits per heavy atom. The number of aromatic nitrogens is 1. The van der Waals surface area contributed by atoms with Gasteiger partial charge in [0, 0.05) is 47.4 Å². The summed E-state index contributed by atoms with van der Waals surface area (Å²) in [5, 5.41) is 6.95. The number of hydrogen-bond donors (Lipinski definition) is 2. The summed E-state index contributed by atoms with van der Waals surface area (Å²) in [7, 11) is 1.57. The molecule has 0 saturated heterocycles. The highest BCUT2D eigenvalue weighted by atomic mass is 35.5. The first kappa shape index (κ1) is 30.6. The van der Waals surface area contributed by atoms with Gasteiger partial charge in [-0.15, -0.1) is 0 Å². The number of para-hydroxylation sites is 1. The van der Waals surface area contributed by atoms with Gasteiger partial charge in [-0.2, -0.15) is 0 Å². The second-order valence-corrected chi connectivity index (χ2v) is 10.5. The number of pyridine rings is 1. The number of amides is 3. The molecular weight excluding hydrogens is 575 g/mol. The smallest absolute Gasteiger partial charge is 0.246 e. The number of likely N-dealkylation sites (N-methyl/N-ethyl adjacent to an activating group) is 1. The molecule has 0 saturated carbocycles. The van der Waals surface area contributed by atoms with Crippen molar-refractivity contribution in [3.63, 3.8) is 0 Å². The zero-order valence-corrected chi connectivity index (χ0v) is 25.1. The first-order valence-electron chi connectivity index (χ1n) is 13.1. The van der Waals surface area contributed by atoms with E-state index in [0.717, 1.165) is 27.7 Å². The summed E-state index contributed by atoms with van der Waals surface area (Å²) in [5.41, 5.74) is 4.88. The summed E-state index contributed by atoms with van der Waals surface area (Å²) in [6.45, 7) is 5.03. The highest BCUT2D eigenvalue weighted by molar-refractivity contribution is 6.38. The minimum absolute atomic E-state index is 0.0646. The molecule has 0 aliphatic rings. The van der Waals surface area contributed by atoms with Crippen LogP contribution in [0.1, 0.15) is 29.3 Å². The Kier molecular flexibility index (Phi) is 9.83. The van der Waals surface area contributed by atoms with E-state index in [2.05, 4.69) is 15.6 Å². The van der Waals surface area contributed by atoms with Crippen LogP contribution in [0.4, 0.5) is 11.4 Å². The van der Waals surface area contributed by atoms with Gasteiger partial charge in [-0.1, -0.05) is 47.5 Å². The van der Waals surface area contributed by atoms with Gasteiger partial charge in [0.25, 0.3) is 0 Å². The molecule has 1 aromatic heterocycles. The monoisotopic (exact) mass is 604 g/mol. The lowest BCUT2D eigenvalue weighted by Gasteiger charge is -2.21. The lowest BCUT2D eigenvalue weighted by atomic mass is 10.1. The van der Waals surface area contributed by atoms with Gasteiger partial charge in [-0.05, 0) is 67.4 Å². The van der Waals surface area contributed by atoms with Gasteiger partial charge in [0.15, 0.2) is 0 Å². The van der Waals surface area contributed by atoms with Crippen LogP contribution in [0.5, 0.6) is 5.75 Å². The molecule has 42 heavy (non-hydrogen) atoms. The van der Waals surface area contributed by atoms with Crippen molar-refractivity contribution in [1.29, 1.82) is 0 Å². The summed E-state index contributed by atoms with van der Waals surface area (Å²) in [4.78, 5) is 42.5.